The van der Waals surface area contributed by atoms with Gasteiger partial charge in [0.1, 0.15) is 0 Å². The summed E-state index contributed by atoms with van der Waals surface area (Å²) < 4.78 is 0. The first-order valence-electron chi connectivity index (χ1n) is 7.02. The molecule has 1 fully saturated rings. The Balaban J connectivity index is 2.36. The molecule has 1 aliphatic carbocycles. The van der Waals surface area contributed by atoms with Gasteiger partial charge >= 0.3 is 0 Å². The van der Waals surface area contributed by atoms with Crippen LogP contribution in [0.3, 0.4) is 0 Å². The number of carbonyl (C=O) groups is 1. The summed E-state index contributed by atoms with van der Waals surface area (Å²) in [5.41, 5.74) is 6.21. The lowest BCUT2D eigenvalue weighted by molar-refractivity contribution is -0.124. The van der Waals surface area contributed by atoms with Crippen LogP contribution in [0.1, 0.15) is 59.3 Å². The molecule has 1 saturated carbocycles. The molecule has 3 heteroatoms. The maximum Gasteiger partial charge on any atom is 0.237 e. The zero-order valence-electron chi connectivity index (χ0n) is 11.6. The largest absolute Gasteiger partial charge is 0.354 e. The van der Waals surface area contributed by atoms with Crippen LogP contribution in [0.2, 0.25) is 0 Å². The highest BCUT2D eigenvalue weighted by Crippen LogP contribution is 2.34. The SMILES string of the molecule is CCC(C)[C@H](N)C(=O)NCC1(C)CCCCC1. The Hall–Kier alpha value is -0.570. The van der Waals surface area contributed by atoms with Crippen molar-refractivity contribution >= 4 is 5.91 Å². The Kier molecular flexibility index (Phi) is 5.44. The van der Waals surface area contributed by atoms with Crippen molar-refractivity contribution in [2.24, 2.45) is 17.1 Å². The molecule has 0 spiro atoms. The van der Waals surface area contributed by atoms with E-state index < -0.39 is 0 Å². The Morgan fingerprint density at radius 3 is 2.47 bits per heavy atom. The minimum atomic E-state index is -0.354. The van der Waals surface area contributed by atoms with Crippen molar-refractivity contribution in [1.29, 1.82) is 0 Å². The van der Waals surface area contributed by atoms with Gasteiger partial charge in [-0.25, -0.2) is 0 Å². The van der Waals surface area contributed by atoms with E-state index in [0.717, 1.165) is 13.0 Å². The first kappa shape index (κ1) is 14.5. The van der Waals surface area contributed by atoms with Gasteiger partial charge in [-0.1, -0.05) is 46.5 Å². The molecule has 0 radical (unpaired) electrons. The smallest absolute Gasteiger partial charge is 0.237 e. The highest BCUT2D eigenvalue weighted by molar-refractivity contribution is 5.81. The summed E-state index contributed by atoms with van der Waals surface area (Å²) in [5, 5.41) is 3.04. The first-order chi connectivity index (χ1) is 7.98. The number of nitrogens with two attached hydrogens (primary N) is 1. The molecule has 0 heterocycles. The van der Waals surface area contributed by atoms with Crippen molar-refractivity contribution < 1.29 is 4.79 Å². The number of hydrogen-bond acceptors (Lipinski definition) is 2. The van der Waals surface area contributed by atoms with E-state index in [9.17, 15) is 4.79 Å². The number of rotatable bonds is 5. The zero-order chi connectivity index (χ0) is 12.9. The summed E-state index contributed by atoms with van der Waals surface area (Å²) in [6.45, 7) is 7.17. The molecule has 2 atom stereocenters. The fraction of sp³-hybridized carbons (Fsp3) is 0.929. The van der Waals surface area contributed by atoms with Crippen molar-refractivity contribution in [2.75, 3.05) is 6.54 Å². The van der Waals surface area contributed by atoms with Crippen LogP contribution in [0.25, 0.3) is 0 Å². The lowest BCUT2D eigenvalue weighted by Gasteiger charge is -2.34. The Bertz CT molecular complexity index is 247. The third-order valence-corrected chi connectivity index (χ3v) is 4.31. The molecule has 100 valence electrons. The van der Waals surface area contributed by atoms with Gasteiger partial charge < -0.3 is 11.1 Å². The molecule has 0 aromatic heterocycles. The van der Waals surface area contributed by atoms with Gasteiger partial charge in [0.25, 0.3) is 0 Å². The summed E-state index contributed by atoms with van der Waals surface area (Å²) in [6, 6.07) is -0.354. The molecule has 0 aliphatic heterocycles. The molecular weight excluding hydrogens is 212 g/mol. The third kappa shape index (κ3) is 4.30. The topological polar surface area (TPSA) is 55.1 Å². The van der Waals surface area contributed by atoms with Crippen molar-refractivity contribution in [2.45, 2.75) is 65.3 Å². The second kappa shape index (κ2) is 6.39. The lowest BCUT2D eigenvalue weighted by Crippen LogP contribution is -2.47. The van der Waals surface area contributed by atoms with E-state index in [2.05, 4.69) is 19.2 Å². The molecule has 0 aromatic rings. The number of hydrogen-bond donors (Lipinski definition) is 2. The highest BCUT2D eigenvalue weighted by atomic mass is 16.2. The molecule has 3 N–H and O–H groups in total. The quantitative estimate of drug-likeness (QED) is 0.775. The van der Waals surface area contributed by atoms with E-state index in [4.69, 9.17) is 5.73 Å². The minimum Gasteiger partial charge on any atom is -0.354 e. The predicted molar refractivity (Wildman–Crippen MR) is 71.6 cm³/mol. The molecule has 0 saturated heterocycles. The summed E-state index contributed by atoms with van der Waals surface area (Å²) in [7, 11) is 0. The van der Waals surface area contributed by atoms with E-state index in [1.807, 2.05) is 6.92 Å². The van der Waals surface area contributed by atoms with Gasteiger partial charge in [0, 0.05) is 6.54 Å². The second-order valence-corrected chi connectivity index (χ2v) is 6.00. The summed E-state index contributed by atoms with van der Waals surface area (Å²) in [5.74, 6) is 0.278. The van der Waals surface area contributed by atoms with Gasteiger partial charge in [0.2, 0.25) is 5.91 Å². The van der Waals surface area contributed by atoms with Crippen molar-refractivity contribution in [3.63, 3.8) is 0 Å². The van der Waals surface area contributed by atoms with Gasteiger partial charge in [0.15, 0.2) is 0 Å². The molecule has 1 aliphatic rings. The zero-order valence-corrected chi connectivity index (χ0v) is 11.6. The van der Waals surface area contributed by atoms with E-state index in [1.54, 1.807) is 0 Å². The lowest BCUT2D eigenvalue weighted by atomic mass is 9.75. The van der Waals surface area contributed by atoms with Crippen molar-refractivity contribution in [1.82, 2.24) is 5.32 Å². The average Bonchev–Trinajstić information content (AvgIpc) is 2.35. The molecule has 1 amide bonds. The monoisotopic (exact) mass is 240 g/mol. The first-order valence-corrected chi connectivity index (χ1v) is 7.02. The number of carbonyl (C=O) groups excluding carboxylic acids is 1. The van der Waals surface area contributed by atoms with Crippen molar-refractivity contribution in [3.8, 4) is 0 Å². The van der Waals surface area contributed by atoms with Gasteiger partial charge in [-0.2, -0.15) is 0 Å². The minimum absolute atomic E-state index is 0.0196. The number of nitrogens with one attached hydrogen (secondary N) is 1. The Labute approximate surface area is 106 Å². The Morgan fingerprint density at radius 1 is 1.35 bits per heavy atom. The van der Waals surface area contributed by atoms with E-state index in [-0.39, 0.29) is 17.9 Å². The standard InChI is InChI=1S/C14H28N2O/c1-4-11(2)12(15)13(17)16-10-14(3)8-6-5-7-9-14/h11-12H,4-10,15H2,1-3H3,(H,16,17)/t11?,12-/m0/s1. The maximum atomic E-state index is 11.9. The van der Waals surface area contributed by atoms with Crippen LogP contribution >= 0.6 is 0 Å². The van der Waals surface area contributed by atoms with Gasteiger partial charge in [-0.3, -0.25) is 4.79 Å². The molecule has 0 bridgehead atoms. The van der Waals surface area contributed by atoms with Crippen LogP contribution in [0, 0.1) is 11.3 Å². The summed E-state index contributed by atoms with van der Waals surface area (Å²) in [4.78, 5) is 11.9. The Morgan fingerprint density at radius 2 is 1.94 bits per heavy atom. The summed E-state index contributed by atoms with van der Waals surface area (Å²) >= 11 is 0. The van der Waals surface area contributed by atoms with E-state index in [0.29, 0.717) is 5.41 Å². The highest BCUT2D eigenvalue weighted by Gasteiger charge is 2.28. The van der Waals surface area contributed by atoms with E-state index in [1.165, 1.54) is 32.1 Å². The third-order valence-electron chi connectivity index (χ3n) is 4.31. The maximum absolute atomic E-state index is 11.9. The molecule has 1 rings (SSSR count). The fourth-order valence-corrected chi connectivity index (χ4v) is 2.51. The molecule has 3 nitrogen and oxygen atoms in total. The van der Waals surface area contributed by atoms with Crippen LogP contribution in [0.4, 0.5) is 0 Å². The van der Waals surface area contributed by atoms with E-state index >= 15 is 0 Å². The molecule has 0 aromatic carbocycles. The number of amides is 1. The van der Waals surface area contributed by atoms with Gasteiger partial charge in [-0.15, -0.1) is 0 Å². The molecule has 1 unspecified atom stereocenters. The van der Waals surface area contributed by atoms with Gasteiger partial charge in [-0.05, 0) is 24.2 Å². The summed E-state index contributed by atoms with van der Waals surface area (Å²) in [6.07, 6.45) is 7.34. The van der Waals surface area contributed by atoms with Crippen LogP contribution in [-0.4, -0.2) is 18.5 Å². The fourth-order valence-electron chi connectivity index (χ4n) is 2.51. The molecule has 17 heavy (non-hydrogen) atoms. The second-order valence-electron chi connectivity index (χ2n) is 6.00. The van der Waals surface area contributed by atoms with Gasteiger partial charge in [0.05, 0.1) is 6.04 Å². The van der Waals surface area contributed by atoms with Crippen molar-refractivity contribution in [3.05, 3.63) is 0 Å². The van der Waals surface area contributed by atoms with Crippen LogP contribution in [-0.2, 0) is 4.79 Å². The predicted octanol–water partition coefficient (Wildman–Crippen LogP) is 2.45. The van der Waals surface area contributed by atoms with Crippen LogP contribution in [0.15, 0.2) is 0 Å². The normalized spacial score (nSPS) is 22.8. The molecular formula is C14H28N2O. The van der Waals surface area contributed by atoms with Crippen LogP contribution in [0.5, 0.6) is 0 Å². The van der Waals surface area contributed by atoms with Crippen LogP contribution < -0.4 is 11.1 Å². The average molecular weight is 240 g/mol.